The summed E-state index contributed by atoms with van der Waals surface area (Å²) in [6.07, 6.45) is 1.46. The van der Waals surface area contributed by atoms with E-state index < -0.39 is 17.4 Å². The molecule has 2 heterocycles. The second-order valence-electron chi connectivity index (χ2n) is 5.64. The van der Waals surface area contributed by atoms with Crippen molar-refractivity contribution in [3.05, 3.63) is 33.4 Å². The first kappa shape index (κ1) is 13.5. The average Bonchev–Trinajstić information content (AvgIpc) is 2.26. The van der Waals surface area contributed by atoms with Crippen molar-refractivity contribution >= 4 is 11.8 Å². The van der Waals surface area contributed by atoms with Gasteiger partial charge in [-0.25, -0.2) is 4.79 Å². The van der Waals surface area contributed by atoms with Crippen LogP contribution in [0.3, 0.4) is 0 Å². The van der Waals surface area contributed by atoms with Gasteiger partial charge in [-0.2, -0.15) is 0 Å². The van der Waals surface area contributed by atoms with E-state index in [4.69, 9.17) is 4.42 Å². The molecule has 0 radical (unpaired) electrons. The highest BCUT2D eigenvalue weighted by Crippen LogP contribution is 2.28. The van der Waals surface area contributed by atoms with Gasteiger partial charge in [-0.3, -0.25) is 14.9 Å². The molecule has 0 atom stereocenters. The Morgan fingerprint density at radius 2 is 2.00 bits per heavy atom. The van der Waals surface area contributed by atoms with Crippen LogP contribution in [0.25, 0.3) is 0 Å². The van der Waals surface area contributed by atoms with Crippen LogP contribution >= 0.6 is 0 Å². The zero-order valence-electron chi connectivity index (χ0n) is 11.3. The molecule has 0 saturated carbocycles. The maximum absolute atomic E-state index is 11.9. The lowest BCUT2D eigenvalue weighted by Gasteiger charge is -2.25. The molecule has 1 aliphatic rings. The normalized spacial score (nSPS) is 15.1. The molecule has 1 N–H and O–H groups in total. The van der Waals surface area contributed by atoms with Crippen LogP contribution in [0.1, 0.15) is 48.9 Å². The summed E-state index contributed by atoms with van der Waals surface area (Å²) in [6.45, 7) is 6.20. The highest BCUT2D eigenvalue weighted by Gasteiger charge is 2.30. The minimum atomic E-state index is -0.511. The number of nitrogens with one attached hydrogen (secondary N) is 1. The number of amides is 2. The Bertz CT molecular complexity index is 598. The van der Waals surface area contributed by atoms with Gasteiger partial charge in [0.25, 0.3) is 5.91 Å². The molecule has 0 spiro atoms. The molecule has 5 heteroatoms. The molecule has 0 unspecified atom stereocenters. The van der Waals surface area contributed by atoms with Crippen LogP contribution in [-0.4, -0.2) is 11.8 Å². The van der Waals surface area contributed by atoms with Crippen LogP contribution in [0, 0.1) is 5.41 Å². The molecular formula is C14H17NO4. The fourth-order valence-corrected chi connectivity index (χ4v) is 2.15. The predicted octanol–water partition coefficient (Wildman–Crippen LogP) is 1.43. The third kappa shape index (κ3) is 2.75. The molecule has 5 nitrogen and oxygen atoms in total. The Labute approximate surface area is 111 Å². The first-order chi connectivity index (χ1) is 8.82. The quantitative estimate of drug-likeness (QED) is 0.837. The lowest BCUT2D eigenvalue weighted by Crippen LogP contribution is -2.39. The highest BCUT2D eigenvalue weighted by atomic mass is 16.4. The van der Waals surface area contributed by atoms with Gasteiger partial charge in [0, 0.05) is 6.07 Å². The molecule has 0 saturated heterocycles. The summed E-state index contributed by atoms with van der Waals surface area (Å²) in [7, 11) is 0. The van der Waals surface area contributed by atoms with Crippen molar-refractivity contribution in [2.24, 2.45) is 5.41 Å². The van der Waals surface area contributed by atoms with E-state index in [1.807, 2.05) is 0 Å². The van der Waals surface area contributed by atoms with E-state index in [-0.39, 0.29) is 17.6 Å². The lowest BCUT2D eigenvalue weighted by molar-refractivity contribution is -0.120. The van der Waals surface area contributed by atoms with Gasteiger partial charge in [-0.05, 0) is 17.4 Å². The Kier molecular flexibility index (Phi) is 3.30. The van der Waals surface area contributed by atoms with Crippen molar-refractivity contribution in [2.75, 3.05) is 0 Å². The number of fused-ring (bicyclic) bond motifs is 1. The maximum atomic E-state index is 11.9. The van der Waals surface area contributed by atoms with Gasteiger partial charge in [0.15, 0.2) is 0 Å². The molecule has 2 rings (SSSR count). The van der Waals surface area contributed by atoms with E-state index in [1.54, 1.807) is 0 Å². The zero-order chi connectivity index (χ0) is 14.2. The van der Waals surface area contributed by atoms with Gasteiger partial charge >= 0.3 is 5.63 Å². The number of carbonyl (C=O) groups is 2. The van der Waals surface area contributed by atoms with Crippen LogP contribution in [0.4, 0.5) is 0 Å². The van der Waals surface area contributed by atoms with E-state index >= 15 is 0 Å². The minimum absolute atomic E-state index is 0.0245. The Morgan fingerprint density at radius 1 is 1.32 bits per heavy atom. The van der Waals surface area contributed by atoms with Gasteiger partial charge in [0.1, 0.15) is 5.76 Å². The fraction of sp³-hybridized carbons (Fsp3) is 0.500. The highest BCUT2D eigenvalue weighted by molar-refractivity contribution is 6.09. The number of imide groups is 1. The summed E-state index contributed by atoms with van der Waals surface area (Å²) in [5, 5.41) is 2.26. The van der Waals surface area contributed by atoms with Crippen molar-refractivity contribution in [3.8, 4) is 0 Å². The van der Waals surface area contributed by atoms with Crippen molar-refractivity contribution in [2.45, 2.75) is 40.0 Å². The maximum Gasteiger partial charge on any atom is 0.336 e. The third-order valence-electron chi connectivity index (χ3n) is 3.54. The Balaban J connectivity index is 2.53. The summed E-state index contributed by atoms with van der Waals surface area (Å²) in [5.41, 5.74) is 0.468. The average molecular weight is 263 g/mol. The van der Waals surface area contributed by atoms with Gasteiger partial charge in [-0.15, -0.1) is 0 Å². The summed E-state index contributed by atoms with van der Waals surface area (Å²) < 4.78 is 4.99. The van der Waals surface area contributed by atoms with Crippen LogP contribution in [0.2, 0.25) is 0 Å². The summed E-state index contributed by atoms with van der Waals surface area (Å²) in [6, 6.07) is 1.35. The fourth-order valence-electron chi connectivity index (χ4n) is 2.15. The molecule has 1 aliphatic heterocycles. The van der Waals surface area contributed by atoms with E-state index in [2.05, 4.69) is 26.1 Å². The molecule has 2 amide bonds. The smallest absolute Gasteiger partial charge is 0.336 e. The molecule has 0 bridgehead atoms. The van der Waals surface area contributed by atoms with Crippen LogP contribution < -0.4 is 10.9 Å². The molecule has 102 valence electrons. The number of hydrogen-bond donors (Lipinski definition) is 1. The third-order valence-corrected chi connectivity index (χ3v) is 3.54. The van der Waals surface area contributed by atoms with E-state index in [9.17, 15) is 14.4 Å². The largest absolute Gasteiger partial charge is 0.426 e. The standard InChI is InChI=1S/C14H17NO4/c1-4-14(2,3)7-8-5-11(17)19-9-6-10(16)15-13(18)12(8)9/h5H,4,6-7H2,1-3H3,(H,15,16,18). The molecule has 1 aromatic rings. The van der Waals surface area contributed by atoms with Crippen molar-refractivity contribution < 1.29 is 14.0 Å². The Morgan fingerprint density at radius 3 is 2.63 bits per heavy atom. The SMILES string of the molecule is CCC(C)(C)Cc1cc(=O)oc2c1C(=O)NC(=O)C2. The van der Waals surface area contributed by atoms with Crippen molar-refractivity contribution in [3.63, 3.8) is 0 Å². The lowest BCUT2D eigenvalue weighted by atomic mass is 9.81. The molecule has 19 heavy (non-hydrogen) atoms. The van der Waals surface area contributed by atoms with Crippen LogP contribution in [0.5, 0.6) is 0 Å². The molecule has 0 aliphatic carbocycles. The van der Waals surface area contributed by atoms with Gasteiger partial charge in [-0.1, -0.05) is 27.2 Å². The first-order valence-corrected chi connectivity index (χ1v) is 6.32. The number of rotatable bonds is 3. The topological polar surface area (TPSA) is 76.4 Å². The van der Waals surface area contributed by atoms with Crippen LogP contribution in [0.15, 0.2) is 15.3 Å². The molecule has 1 aromatic heterocycles. The summed E-state index contributed by atoms with van der Waals surface area (Å²) in [4.78, 5) is 34.8. The predicted molar refractivity (Wildman–Crippen MR) is 68.9 cm³/mol. The number of hydrogen-bond acceptors (Lipinski definition) is 4. The van der Waals surface area contributed by atoms with Crippen LogP contribution in [-0.2, 0) is 17.6 Å². The monoisotopic (exact) mass is 263 g/mol. The molecule has 0 aromatic carbocycles. The van der Waals surface area contributed by atoms with Gasteiger partial charge < -0.3 is 4.42 Å². The summed E-state index contributed by atoms with van der Waals surface area (Å²) in [5.74, 6) is -0.729. The Hall–Kier alpha value is -1.91. The molecule has 0 fully saturated rings. The van der Waals surface area contributed by atoms with Crippen molar-refractivity contribution in [1.82, 2.24) is 5.32 Å². The summed E-state index contributed by atoms with van der Waals surface area (Å²) >= 11 is 0. The zero-order valence-corrected chi connectivity index (χ0v) is 11.3. The second-order valence-corrected chi connectivity index (χ2v) is 5.64. The van der Waals surface area contributed by atoms with E-state index in [1.165, 1.54) is 6.07 Å². The van der Waals surface area contributed by atoms with Gasteiger partial charge in [0.2, 0.25) is 5.91 Å². The van der Waals surface area contributed by atoms with Crippen molar-refractivity contribution in [1.29, 1.82) is 0 Å². The minimum Gasteiger partial charge on any atom is -0.426 e. The first-order valence-electron chi connectivity index (χ1n) is 6.32. The number of carbonyl (C=O) groups excluding carboxylic acids is 2. The van der Waals surface area contributed by atoms with E-state index in [0.717, 1.165) is 6.42 Å². The van der Waals surface area contributed by atoms with Gasteiger partial charge in [0.05, 0.1) is 12.0 Å². The second kappa shape index (κ2) is 4.64. The van der Waals surface area contributed by atoms with E-state index in [0.29, 0.717) is 17.5 Å². The molecular weight excluding hydrogens is 246 g/mol.